The topological polar surface area (TPSA) is 92.4 Å². The van der Waals surface area contributed by atoms with E-state index < -0.39 is 23.6 Å². The number of hydrogen-bond donors (Lipinski definition) is 3. The van der Waals surface area contributed by atoms with Gasteiger partial charge >= 0.3 is 6.18 Å². The Hall–Kier alpha value is -3.07. The Morgan fingerprint density at radius 3 is 2.50 bits per heavy atom. The van der Waals surface area contributed by atoms with E-state index in [1.807, 2.05) is 0 Å². The van der Waals surface area contributed by atoms with Crippen LogP contribution in [0, 0.1) is 0 Å². The number of rotatable bonds is 3. The number of alkyl halides is 3. The van der Waals surface area contributed by atoms with Gasteiger partial charge in [-0.15, -0.1) is 11.3 Å². The second-order valence-corrected chi connectivity index (χ2v) is 6.44. The van der Waals surface area contributed by atoms with Gasteiger partial charge in [-0.2, -0.15) is 13.2 Å². The van der Waals surface area contributed by atoms with Gasteiger partial charge in [0.15, 0.2) is 0 Å². The smallest absolute Gasteiger partial charge is 0.416 e. The summed E-state index contributed by atoms with van der Waals surface area (Å²) in [5.74, 6) is -1.65. The number of phenols is 1. The molecule has 0 aliphatic rings. The van der Waals surface area contributed by atoms with Gasteiger partial charge in [-0.1, -0.05) is 6.07 Å². The first-order chi connectivity index (χ1) is 12.2. The van der Waals surface area contributed by atoms with Crippen molar-refractivity contribution in [3.05, 3.63) is 59.2 Å². The molecule has 2 aromatic carbocycles. The van der Waals surface area contributed by atoms with E-state index in [0.29, 0.717) is 10.1 Å². The Morgan fingerprint density at radius 1 is 1.12 bits per heavy atom. The predicted molar refractivity (Wildman–Crippen MR) is 91.4 cm³/mol. The number of nitrogens with two attached hydrogens (primary N) is 1. The van der Waals surface area contributed by atoms with Crippen molar-refractivity contribution in [3.8, 4) is 5.75 Å². The molecule has 0 saturated heterocycles. The van der Waals surface area contributed by atoms with Crippen LogP contribution in [-0.4, -0.2) is 16.9 Å². The second kappa shape index (κ2) is 6.34. The molecule has 0 radical (unpaired) electrons. The van der Waals surface area contributed by atoms with Crippen molar-refractivity contribution in [1.82, 2.24) is 0 Å². The molecule has 0 fully saturated rings. The monoisotopic (exact) mass is 380 g/mol. The van der Waals surface area contributed by atoms with E-state index in [0.717, 1.165) is 29.5 Å². The molecule has 0 unspecified atom stereocenters. The Kier molecular flexibility index (Phi) is 4.33. The quantitative estimate of drug-likeness (QED) is 0.642. The highest BCUT2D eigenvalue weighted by Gasteiger charge is 2.31. The van der Waals surface area contributed by atoms with Gasteiger partial charge in [0.25, 0.3) is 11.8 Å². The number of primary amides is 1. The average molecular weight is 380 g/mol. The van der Waals surface area contributed by atoms with Crippen LogP contribution < -0.4 is 11.1 Å². The molecule has 0 saturated carbocycles. The van der Waals surface area contributed by atoms with E-state index in [2.05, 4.69) is 5.32 Å². The van der Waals surface area contributed by atoms with E-state index in [-0.39, 0.29) is 21.9 Å². The SMILES string of the molecule is NC(=O)c1c(NC(=O)c2cccc(C(F)(F)F)c2)sc2cc(O)ccc12. The third-order valence-electron chi connectivity index (χ3n) is 3.60. The van der Waals surface area contributed by atoms with Crippen LogP contribution in [0.5, 0.6) is 5.75 Å². The number of anilines is 1. The Balaban J connectivity index is 2.00. The van der Waals surface area contributed by atoms with Crippen LogP contribution in [0.15, 0.2) is 42.5 Å². The van der Waals surface area contributed by atoms with Crippen LogP contribution >= 0.6 is 11.3 Å². The fourth-order valence-electron chi connectivity index (χ4n) is 2.43. The molecule has 2 amide bonds. The largest absolute Gasteiger partial charge is 0.508 e. The molecule has 1 heterocycles. The van der Waals surface area contributed by atoms with Gasteiger partial charge in [0, 0.05) is 15.6 Å². The summed E-state index contributed by atoms with van der Waals surface area (Å²) in [5, 5.41) is 12.5. The van der Waals surface area contributed by atoms with Crippen LogP contribution in [0.1, 0.15) is 26.3 Å². The highest BCUT2D eigenvalue weighted by molar-refractivity contribution is 7.23. The summed E-state index contributed by atoms with van der Waals surface area (Å²) in [4.78, 5) is 24.1. The van der Waals surface area contributed by atoms with Crippen LogP contribution in [0.3, 0.4) is 0 Å². The molecule has 1 aromatic heterocycles. The summed E-state index contributed by atoms with van der Waals surface area (Å²) in [5.41, 5.74) is 4.23. The fourth-order valence-corrected chi connectivity index (χ4v) is 3.57. The van der Waals surface area contributed by atoms with Gasteiger partial charge < -0.3 is 16.2 Å². The zero-order chi connectivity index (χ0) is 19.1. The standard InChI is InChI=1S/C17H11F3N2O3S/c18-17(19,20)9-3-1-2-8(6-9)15(25)22-16-13(14(21)24)11-5-4-10(23)7-12(11)26-16/h1-7,23H,(H2,21,24)(H,22,25). The lowest BCUT2D eigenvalue weighted by molar-refractivity contribution is -0.137. The van der Waals surface area contributed by atoms with Gasteiger partial charge in [0.2, 0.25) is 0 Å². The number of phenolic OH excluding ortho intramolecular Hbond substituents is 1. The zero-order valence-electron chi connectivity index (χ0n) is 12.9. The van der Waals surface area contributed by atoms with Gasteiger partial charge in [0.1, 0.15) is 10.8 Å². The number of benzene rings is 2. The lowest BCUT2D eigenvalue weighted by Gasteiger charge is -2.09. The number of amides is 2. The van der Waals surface area contributed by atoms with Crippen molar-refractivity contribution in [1.29, 1.82) is 0 Å². The molecule has 9 heteroatoms. The molecule has 0 bridgehead atoms. The molecule has 0 spiro atoms. The number of carbonyl (C=O) groups excluding carboxylic acids is 2. The summed E-state index contributed by atoms with van der Waals surface area (Å²) in [6.07, 6.45) is -4.58. The molecule has 3 rings (SSSR count). The minimum absolute atomic E-state index is 0.0327. The van der Waals surface area contributed by atoms with E-state index in [4.69, 9.17) is 5.73 Å². The van der Waals surface area contributed by atoms with E-state index in [9.17, 15) is 27.9 Å². The Morgan fingerprint density at radius 2 is 1.85 bits per heavy atom. The number of aromatic hydroxyl groups is 1. The molecule has 5 nitrogen and oxygen atoms in total. The van der Waals surface area contributed by atoms with Gasteiger partial charge in [-0.3, -0.25) is 9.59 Å². The van der Waals surface area contributed by atoms with Crippen molar-refractivity contribution < 1.29 is 27.9 Å². The predicted octanol–water partition coefficient (Wildman–Crippen LogP) is 3.98. The number of hydrogen-bond acceptors (Lipinski definition) is 4. The van der Waals surface area contributed by atoms with Crippen LogP contribution in [0.4, 0.5) is 18.2 Å². The molecule has 0 aliphatic carbocycles. The Labute approximate surface area is 148 Å². The van der Waals surface area contributed by atoms with Gasteiger partial charge in [0.05, 0.1) is 11.1 Å². The highest BCUT2D eigenvalue weighted by Crippen LogP contribution is 2.37. The first-order valence-corrected chi connectivity index (χ1v) is 8.02. The maximum absolute atomic E-state index is 12.8. The summed E-state index contributed by atoms with van der Waals surface area (Å²) >= 11 is 0.984. The number of thiophene rings is 1. The molecular weight excluding hydrogens is 369 g/mol. The molecule has 0 aliphatic heterocycles. The number of carbonyl (C=O) groups is 2. The number of fused-ring (bicyclic) bond motifs is 1. The van der Waals surface area contributed by atoms with E-state index in [1.54, 1.807) is 0 Å². The van der Waals surface area contributed by atoms with Crippen molar-refractivity contribution in [2.75, 3.05) is 5.32 Å². The summed E-state index contributed by atoms with van der Waals surface area (Å²) in [6, 6.07) is 8.16. The number of halogens is 3. The molecule has 134 valence electrons. The average Bonchev–Trinajstić information content (AvgIpc) is 2.91. The van der Waals surface area contributed by atoms with Crippen LogP contribution in [-0.2, 0) is 6.18 Å². The van der Waals surface area contributed by atoms with Crippen molar-refractivity contribution >= 4 is 38.2 Å². The molecule has 4 N–H and O–H groups in total. The van der Waals surface area contributed by atoms with E-state index in [1.165, 1.54) is 24.3 Å². The van der Waals surface area contributed by atoms with Gasteiger partial charge in [-0.05, 0) is 36.4 Å². The first kappa shape index (κ1) is 17.7. The molecule has 26 heavy (non-hydrogen) atoms. The maximum atomic E-state index is 12.8. The minimum atomic E-state index is -4.58. The Bertz CT molecular complexity index is 1030. The summed E-state index contributed by atoms with van der Waals surface area (Å²) in [6.45, 7) is 0. The molecular formula is C17H11F3N2O3S. The van der Waals surface area contributed by atoms with Crippen LogP contribution in [0.25, 0.3) is 10.1 Å². The van der Waals surface area contributed by atoms with Crippen molar-refractivity contribution in [2.45, 2.75) is 6.18 Å². The summed E-state index contributed by atoms with van der Waals surface area (Å²) < 4.78 is 38.9. The maximum Gasteiger partial charge on any atom is 0.416 e. The highest BCUT2D eigenvalue weighted by atomic mass is 32.1. The zero-order valence-corrected chi connectivity index (χ0v) is 13.7. The van der Waals surface area contributed by atoms with E-state index >= 15 is 0 Å². The lowest BCUT2D eigenvalue weighted by atomic mass is 10.1. The molecule has 3 aromatic rings. The summed E-state index contributed by atoms with van der Waals surface area (Å²) in [7, 11) is 0. The second-order valence-electron chi connectivity index (χ2n) is 5.38. The molecule has 0 atom stereocenters. The lowest BCUT2D eigenvalue weighted by Crippen LogP contribution is -2.17. The van der Waals surface area contributed by atoms with Crippen LogP contribution in [0.2, 0.25) is 0 Å². The van der Waals surface area contributed by atoms with Crippen molar-refractivity contribution in [3.63, 3.8) is 0 Å². The number of nitrogens with one attached hydrogen (secondary N) is 1. The fraction of sp³-hybridized carbons (Fsp3) is 0.0588. The first-order valence-electron chi connectivity index (χ1n) is 7.21. The third kappa shape index (κ3) is 3.33. The minimum Gasteiger partial charge on any atom is -0.508 e. The van der Waals surface area contributed by atoms with Gasteiger partial charge in [-0.25, -0.2) is 0 Å². The normalized spacial score (nSPS) is 11.5. The third-order valence-corrected chi connectivity index (χ3v) is 4.67. The van der Waals surface area contributed by atoms with Crippen molar-refractivity contribution in [2.24, 2.45) is 5.73 Å².